The van der Waals surface area contributed by atoms with Crippen LogP contribution in [0, 0.1) is 5.82 Å². The number of hydrogen-bond donors (Lipinski definition) is 1. The summed E-state index contributed by atoms with van der Waals surface area (Å²) in [5.74, 6) is 0.371. The van der Waals surface area contributed by atoms with Crippen LogP contribution in [0.1, 0.15) is 18.9 Å². The van der Waals surface area contributed by atoms with Crippen molar-refractivity contribution in [1.82, 2.24) is 9.55 Å². The minimum atomic E-state index is -0.291. The van der Waals surface area contributed by atoms with Crippen molar-refractivity contribution in [2.75, 3.05) is 5.73 Å². The third-order valence-corrected chi connectivity index (χ3v) is 4.29. The Labute approximate surface area is 129 Å². The van der Waals surface area contributed by atoms with Gasteiger partial charge in [-0.25, -0.2) is 9.37 Å². The normalized spacial score (nSPS) is 14.8. The van der Waals surface area contributed by atoms with Gasteiger partial charge >= 0.3 is 0 Å². The molecule has 0 saturated heterocycles. The molecule has 0 unspecified atom stereocenters. The molecule has 0 aliphatic heterocycles. The van der Waals surface area contributed by atoms with Gasteiger partial charge in [0.05, 0.1) is 16.6 Å². The van der Waals surface area contributed by atoms with Crippen LogP contribution in [0.5, 0.6) is 0 Å². The molecule has 2 aromatic carbocycles. The van der Waals surface area contributed by atoms with Crippen molar-refractivity contribution in [3.63, 3.8) is 0 Å². The van der Waals surface area contributed by atoms with Gasteiger partial charge in [0.15, 0.2) is 0 Å². The summed E-state index contributed by atoms with van der Waals surface area (Å²) in [6.45, 7) is 0. The molecule has 4 rings (SSSR count). The molecular weight excluding hydrogens is 333 g/mol. The average Bonchev–Trinajstić information content (AvgIpc) is 3.22. The lowest BCUT2D eigenvalue weighted by Crippen LogP contribution is -2.00. The molecule has 21 heavy (non-hydrogen) atoms. The molecule has 1 aliphatic carbocycles. The molecule has 0 atom stereocenters. The van der Waals surface area contributed by atoms with E-state index in [4.69, 9.17) is 5.73 Å². The molecule has 0 spiro atoms. The lowest BCUT2D eigenvalue weighted by molar-refractivity contribution is 0.627. The summed E-state index contributed by atoms with van der Waals surface area (Å²) < 4.78 is 17.3. The maximum Gasteiger partial charge on any atom is 0.144 e. The number of rotatable bonds is 2. The van der Waals surface area contributed by atoms with Crippen LogP contribution in [0.3, 0.4) is 0 Å². The van der Waals surface area contributed by atoms with E-state index in [0.717, 1.165) is 28.3 Å². The second kappa shape index (κ2) is 4.56. The molecule has 1 saturated carbocycles. The van der Waals surface area contributed by atoms with Crippen molar-refractivity contribution in [2.24, 2.45) is 0 Å². The van der Waals surface area contributed by atoms with E-state index in [-0.39, 0.29) is 5.82 Å². The van der Waals surface area contributed by atoms with Crippen LogP contribution in [0.15, 0.2) is 40.9 Å². The van der Waals surface area contributed by atoms with Crippen LogP contribution in [0.25, 0.3) is 22.4 Å². The number of hydrogen-bond acceptors (Lipinski definition) is 2. The number of halogens is 2. The molecule has 2 N–H and O–H groups in total. The molecule has 1 aliphatic rings. The predicted molar refractivity (Wildman–Crippen MR) is 85.5 cm³/mol. The molecule has 5 heteroatoms. The van der Waals surface area contributed by atoms with E-state index >= 15 is 0 Å². The van der Waals surface area contributed by atoms with Gasteiger partial charge in [0.25, 0.3) is 0 Å². The maximum absolute atomic E-state index is 14.2. The van der Waals surface area contributed by atoms with Crippen LogP contribution >= 0.6 is 15.9 Å². The van der Waals surface area contributed by atoms with Crippen LogP contribution in [0.2, 0.25) is 0 Å². The number of nitrogens with two attached hydrogens (primary N) is 1. The molecule has 1 aromatic heterocycles. The molecule has 1 fully saturated rings. The lowest BCUT2D eigenvalue weighted by Gasteiger charge is -2.09. The summed E-state index contributed by atoms with van der Waals surface area (Å²) in [5, 5.41) is 0. The fourth-order valence-electron chi connectivity index (χ4n) is 2.68. The van der Waals surface area contributed by atoms with Gasteiger partial charge in [0, 0.05) is 16.2 Å². The summed E-state index contributed by atoms with van der Waals surface area (Å²) in [5.41, 5.74) is 8.73. The van der Waals surface area contributed by atoms with Crippen molar-refractivity contribution in [2.45, 2.75) is 18.9 Å². The molecular formula is C16H13BrFN3. The molecule has 1 heterocycles. The van der Waals surface area contributed by atoms with Gasteiger partial charge in [-0.05, 0) is 49.2 Å². The topological polar surface area (TPSA) is 43.8 Å². The first-order valence-corrected chi connectivity index (χ1v) is 7.65. The van der Waals surface area contributed by atoms with Gasteiger partial charge < -0.3 is 10.3 Å². The van der Waals surface area contributed by atoms with E-state index in [9.17, 15) is 4.39 Å². The van der Waals surface area contributed by atoms with Gasteiger partial charge in [-0.2, -0.15) is 0 Å². The predicted octanol–water partition coefficient (Wildman–Crippen LogP) is 4.52. The third-order valence-electron chi connectivity index (χ3n) is 3.79. The smallest absolute Gasteiger partial charge is 0.144 e. The van der Waals surface area contributed by atoms with Crippen LogP contribution in [0.4, 0.5) is 10.1 Å². The Balaban J connectivity index is 2.03. The van der Waals surface area contributed by atoms with Gasteiger partial charge in [0.1, 0.15) is 11.6 Å². The number of nitrogens with zero attached hydrogens (tertiary/aromatic N) is 2. The highest BCUT2D eigenvalue weighted by molar-refractivity contribution is 9.10. The highest BCUT2D eigenvalue weighted by Gasteiger charge is 2.29. The first kappa shape index (κ1) is 12.8. The minimum Gasteiger partial charge on any atom is -0.399 e. The SMILES string of the molecule is Nc1ccc(F)c(-c2nc3cc(Br)ccc3n2C2CC2)c1. The Morgan fingerprint density at radius 1 is 1.19 bits per heavy atom. The van der Waals surface area contributed by atoms with Crippen molar-refractivity contribution < 1.29 is 4.39 Å². The fourth-order valence-corrected chi connectivity index (χ4v) is 3.03. The maximum atomic E-state index is 14.2. The minimum absolute atomic E-state index is 0.291. The van der Waals surface area contributed by atoms with Crippen LogP contribution in [-0.4, -0.2) is 9.55 Å². The Morgan fingerprint density at radius 2 is 2.00 bits per heavy atom. The highest BCUT2D eigenvalue weighted by atomic mass is 79.9. The van der Waals surface area contributed by atoms with Crippen molar-refractivity contribution >= 4 is 32.7 Å². The quantitative estimate of drug-likeness (QED) is 0.693. The second-order valence-corrected chi connectivity index (χ2v) is 6.32. The van der Waals surface area contributed by atoms with E-state index in [1.807, 2.05) is 18.2 Å². The zero-order valence-corrected chi connectivity index (χ0v) is 12.8. The number of benzene rings is 2. The second-order valence-electron chi connectivity index (χ2n) is 5.41. The summed E-state index contributed by atoms with van der Waals surface area (Å²) in [4.78, 5) is 4.64. The largest absolute Gasteiger partial charge is 0.399 e. The Kier molecular flexibility index (Phi) is 2.79. The van der Waals surface area contributed by atoms with E-state index in [1.54, 1.807) is 12.1 Å². The van der Waals surface area contributed by atoms with Crippen molar-refractivity contribution in [3.8, 4) is 11.4 Å². The lowest BCUT2D eigenvalue weighted by atomic mass is 10.1. The zero-order valence-electron chi connectivity index (χ0n) is 11.2. The number of anilines is 1. The summed E-state index contributed by atoms with van der Waals surface area (Å²) in [7, 11) is 0. The van der Waals surface area contributed by atoms with Gasteiger partial charge in [0.2, 0.25) is 0 Å². The number of fused-ring (bicyclic) bond motifs is 1. The molecule has 0 radical (unpaired) electrons. The summed E-state index contributed by atoms with van der Waals surface area (Å²) >= 11 is 3.46. The Hall–Kier alpha value is -1.88. The summed E-state index contributed by atoms with van der Waals surface area (Å²) in [6, 6.07) is 11.0. The number of aromatic nitrogens is 2. The molecule has 0 bridgehead atoms. The highest BCUT2D eigenvalue weighted by Crippen LogP contribution is 2.42. The Bertz CT molecular complexity index is 852. The van der Waals surface area contributed by atoms with Crippen molar-refractivity contribution in [1.29, 1.82) is 0 Å². The molecule has 3 nitrogen and oxygen atoms in total. The van der Waals surface area contributed by atoms with Gasteiger partial charge in [-0.3, -0.25) is 0 Å². The zero-order chi connectivity index (χ0) is 14.6. The molecule has 106 valence electrons. The first-order chi connectivity index (χ1) is 10.1. The fraction of sp³-hybridized carbons (Fsp3) is 0.188. The van der Waals surface area contributed by atoms with Crippen LogP contribution < -0.4 is 5.73 Å². The van der Waals surface area contributed by atoms with Crippen LogP contribution in [-0.2, 0) is 0 Å². The van der Waals surface area contributed by atoms with E-state index in [1.165, 1.54) is 6.07 Å². The van der Waals surface area contributed by atoms with Gasteiger partial charge in [-0.1, -0.05) is 15.9 Å². The first-order valence-electron chi connectivity index (χ1n) is 6.86. The van der Waals surface area contributed by atoms with E-state index in [2.05, 4.69) is 25.5 Å². The average molecular weight is 346 g/mol. The molecule has 0 amide bonds. The van der Waals surface area contributed by atoms with E-state index < -0.39 is 0 Å². The monoisotopic (exact) mass is 345 g/mol. The van der Waals surface area contributed by atoms with Crippen molar-refractivity contribution in [3.05, 3.63) is 46.7 Å². The Morgan fingerprint density at radius 3 is 2.76 bits per heavy atom. The number of nitrogen functional groups attached to an aromatic ring is 1. The van der Waals surface area contributed by atoms with E-state index in [0.29, 0.717) is 23.1 Å². The standard InChI is InChI=1S/C16H13BrFN3/c17-9-1-6-15-14(7-9)20-16(21(15)11-3-4-11)12-8-10(19)2-5-13(12)18/h1-2,5-8,11H,3-4,19H2. The third kappa shape index (κ3) is 2.12. The molecule has 3 aromatic rings. The summed E-state index contributed by atoms with van der Waals surface area (Å²) in [6.07, 6.45) is 2.22. The number of imidazole rings is 1. The van der Waals surface area contributed by atoms with Gasteiger partial charge in [-0.15, -0.1) is 0 Å².